The highest BCUT2D eigenvalue weighted by Crippen LogP contribution is 2.50. The molecule has 1 nitrogen and oxygen atoms in total. The Labute approximate surface area is 154 Å². The van der Waals surface area contributed by atoms with Gasteiger partial charge in [-0.25, -0.2) is 4.98 Å². The Balaban J connectivity index is 1.74. The Kier molecular flexibility index (Phi) is 3.12. The van der Waals surface area contributed by atoms with Gasteiger partial charge in [0.2, 0.25) is 0 Å². The van der Waals surface area contributed by atoms with Crippen LogP contribution >= 0.6 is 0 Å². The van der Waals surface area contributed by atoms with Crippen LogP contribution in [-0.2, 0) is 5.41 Å². The number of aromatic nitrogens is 1. The number of benzene rings is 3. The minimum atomic E-state index is 0.0174. The molecule has 0 spiro atoms. The van der Waals surface area contributed by atoms with Crippen molar-refractivity contribution in [3.05, 3.63) is 89.5 Å². The third kappa shape index (κ3) is 2.07. The van der Waals surface area contributed by atoms with E-state index in [0.717, 1.165) is 11.2 Å². The smallest absolute Gasteiger partial charge is 0.0709 e. The first-order chi connectivity index (χ1) is 12.6. The number of hydrogen-bond donors (Lipinski definition) is 0. The quantitative estimate of drug-likeness (QED) is 0.386. The summed E-state index contributed by atoms with van der Waals surface area (Å²) in [6, 6.07) is 26.0. The maximum Gasteiger partial charge on any atom is 0.0709 e. The first-order valence-corrected chi connectivity index (χ1v) is 9.17. The van der Waals surface area contributed by atoms with Gasteiger partial charge in [-0.15, -0.1) is 0 Å². The minimum absolute atomic E-state index is 0.0174. The van der Waals surface area contributed by atoms with Crippen LogP contribution in [-0.4, -0.2) is 4.98 Å². The largest absolute Gasteiger partial charge is 0.248 e. The van der Waals surface area contributed by atoms with E-state index in [1.54, 1.807) is 0 Å². The average molecular weight is 335 g/mol. The van der Waals surface area contributed by atoms with E-state index < -0.39 is 0 Å². The molecular weight excluding hydrogens is 314 g/mol. The lowest BCUT2D eigenvalue weighted by molar-refractivity contribution is 0.660. The Morgan fingerprint density at radius 3 is 2.42 bits per heavy atom. The van der Waals surface area contributed by atoms with Crippen molar-refractivity contribution in [3.63, 3.8) is 0 Å². The van der Waals surface area contributed by atoms with Crippen LogP contribution in [0.25, 0.3) is 33.3 Å². The van der Waals surface area contributed by atoms with E-state index in [9.17, 15) is 0 Å². The van der Waals surface area contributed by atoms with Gasteiger partial charge in [-0.2, -0.15) is 0 Å². The molecule has 0 saturated heterocycles. The normalized spacial score (nSPS) is 14.3. The van der Waals surface area contributed by atoms with Crippen molar-refractivity contribution in [2.75, 3.05) is 0 Å². The number of rotatable bonds is 1. The minimum Gasteiger partial charge on any atom is -0.248 e. The molecule has 1 heteroatoms. The van der Waals surface area contributed by atoms with Crippen molar-refractivity contribution in [3.8, 4) is 22.4 Å². The predicted molar refractivity (Wildman–Crippen MR) is 109 cm³/mol. The Morgan fingerprint density at radius 1 is 0.769 bits per heavy atom. The van der Waals surface area contributed by atoms with Crippen LogP contribution in [0.4, 0.5) is 0 Å². The molecule has 0 bridgehead atoms. The predicted octanol–water partition coefficient (Wildman–Crippen LogP) is 6.52. The molecule has 1 aliphatic rings. The Hall–Kier alpha value is -2.93. The highest BCUT2D eigenvalue weighted by atomic mass is 14.7. The number of fused-ring (bicyclic) bond motifs is 4. The van der Waals surface area contributed by atoms with Gasteiger partial charge in [0, 0.05) is 16.4 Å². The van der Waals surface area contributed by atoms with Gasteiger partial charge in [-0.1, -0.05) is 62.4 Å². The van der Waals surface area contributed by atoms with Crippen LogP contribution in [0, 0.1) is 6.92 Å². The van der Waals surface area contributed by atoms with Gasteiger partial charge in [0.25, 0.3) is 0 Å². The Morgan fingerprint density at radius 2 is 1.54 bits per heavy atom. The molecule has 0 saturated carbocycles. The van der Waals surface area contributed by atoms with Crippen molar-refractivity contribution < 1.29 is 0 Å². The van der Waals surface area contributed by atoms with Gasteiger partial charge in [-0.3, -0.25) is 0 Å². The summed E-state index contributed by atoms with van der Waals surface area (Å²) in [7, 11) is 0. The highest BCUT2D eigenvalue weighted by Gasteiger charge is 2.36. The third-order valence-electron chi connectivity index (χ3n) is 5.77. The zero-order valence-corrected chi connectivity index (χ0v) is 15.4. The molecule has 0 unspecified atom stereocenters. The summed E-state index contributed by atoms with van der Waals surface area (Å²) >= 11 is 0. The number of nitrogens with zero attached hydrogens (tertiary/aromatic N) is 1. The summed E-state index contributed by atoms with van der Waals surface area (Å²) in [5.41, 5.74) is 10.2. The highest BCUT2D eigenvalue weighted by molar-refractivity contribution is 5.87. The number of para-hydroxylation sites is 1. The molecule has 3 aromatic carbocycles. The van der Waals surface area contributed by atoms with Crippen LogP contribution in [0.3, 0.4) is 0 Å². The van der Waals surface area contributed by atoms with Crippen LogP contribution in [0.15, 0.2) is 72.8 Å². The van der Waals surface area contributed by atoms with E-state index in [4.69, 9.17) is 4.98 Å². The standard InChI is InChI=1S/C25H21N/c1-16-14-18(23-13-12-17-8-4-7-11-22(17)26-23)15-21-24(16)19-9-5-6-10-20(19)25(21,2)3/h4-15H,1-3H3. The summed E-state index contributed by atoms with van der Waals surface area (Å²) in [6.07, 6.45) is 0. The van der Waals surface area contributed by atoms with E-state index in [1.165, 1.54) is 38.8 Å². The van der Waals surface area contributed by atoms with Gasteiger partial charge < -0.3 is 0 Å². The molecule has 26 heavy (non-hydrogen) atoms. The second-order valence-electron chi connectivity index (χ2n) is 7.78. The van der Waals surface area contributed by atoms with Crippen molar-refractivity contribution in [1.29, 1.82) is 0 Å². The molecule has 0 fully saturated rings. The lowest BCUT2D eigenvalue weighted by atomic mass is 9.81. The van der Waals surface area contributed by atoms with Crippen LogP contribution < -0.4 is 0 Å². The van der Waals surface area contributed by atoms with Crippen molar-refractivity contribution >= 4 is 10.9 Å². The SMILES string of the molecule is Cc1cc(-c2ccc3ccccc3n2)cc2c1-c1ccccc1C2(C)C. The maximum absolute atomic E-state index is 4.91. The fourth-order valence-corrected chi connectivity index (χ4v) is 4.40. The van der Waals surface area contributed by atoms with Gasteiger partial charge in [0.1, 0.15) is 0 Å². The summed E-state index contributed by atoms with van der Waals surface area (Å²) in [4.78, 5) is 4.91. The zero-order valence-electron chi connectivity index (χ0n) is 15.4. The number of pyridine rings is 1. The van der Waals surface area contributed by atoms with Crippen LogP contribution in [0.5, 0.6) is 0 Å². The van der Waals surface area contributed by atoms with Gasteiger partial charge in [0.15, 0.2) is 0 Å². The molecule has 126 valence electrons. The molecule has 5 rings (SSSR count). The molecule has 0 N–H and O–H groups in total. The van der Waals surface area contributed by atoms with Crippen LogP contribution in [0.1, 0.15) is 30.5 Å². The van der Waals surface area contributed by atoms with Crippen molar-refractivity contribution in [1.82, 2.24) is 4.98 Å². The summed E-state index contributed by atoms with van der Waals surface area (Å²) in [5.74, 6) is 0. The Bertz CT molecular complexity index is 1170. The molecule has 1 aliphatic carbocycles. The van der Waals surface area contributed by atoms with Gasteiger partial charge >= 0.3 is 0 Å². The summed E-state index contributed by atoms with van der Waals surface area (Å²) in [6.45, 7) is 6.88. The lowest BCUT2D eigenvalue weighted by Gasteiger charge is -2.22. The van der Waals surface area contributed by atoms with E-state index in [1.807, 2.05) is 6.07 Å². The van der Waals surface area contributed by atoms with E-state index in [2.05, 4.69) is 87.5 Å². The lowest BCUT2D eigenvalue weighted by Crippen LogP contribution is -2.15. The van der Waals surface area contributed by atoms with Gasteiger partial charge in [0.05, 0.1) is 11.2 Å². The first kappa shape index (κ1) is 15.3. The summed E-state index contributed by atoms with van der Waals surface area (Å²) < 4.78 is 0. The number of aryl methyl sites for hydroxylation is 1. The topological polar surface area (TPSA) is 12.9 Å². The molecule has 4 aromatic rings. The third-order valence-corrected chi connectivity index (χ3v) is 5.77. The number of hydrogen-bond acceptors (Lipinski definition) is 1. The van der Waals surface area contributed by atoms with Crippen molar-refractivity contribution in [2.45, 2.75) is 26.2 Å². The molecule has 0 radical (unpaired) electrons. The fraction of sp³-hybridized carbons (Fsp3) is 0.160. The molecule has 0 atom stereocenters. The maximum atomic E-state index is 4.91. The first-order valence-electron chi connectivity index (χ1n) is 9.17. The van der Waals surface area contributed by atoms with Gasteiger partial charge in [-0.05, 0) is 59.0 Å². The molecule has 0 aliphatic heterocycles. The molecule has 0 amide bonds. The molecular formula is C25H21N. The van der Waals surface area contributed by atoms with Crippen LogP contribution in [0.2, 0.25) is 0 Å². The summed E-state index contributed by atoms with van der Waals surface area (Å²) in [5, 5.41) is 1.18. The second kappa shape index (κ2) is 5.28. The monoisotopic (exact) mass is 335 g/mol. The second-order valence-corrected chi connectivity index (χ2v) is 7.78. The van der Waals surface area contributed by atoms with E-state index in [0.29, 0.717) is 0 Å². The molecule has 1 heterocycles. The fourth-order valence-electron chi connectivity index (χ4n) is 4.40. The van der Waals surface area contributed by atoms with Crippen molar-refractivity contribution in [2.24, 2.45) is 0 Å². The zero-order chi connectivity index (χ0) is 17.9. The molecule has 1 aromatic heterocycles. The van der Waals surface area contributed by atoms with E-state index in [-0.39, 0.29) is 5.41 Å². The van der Waals surface area contributed by atoms with E-state index >= 15 is 0 Å². The average Bonchev–Trinajstić information content (AvgIpc) is 2.89.